The number of aromatic nitrogens is 2. The second kappa shape index (κ2) is 6.47. The van der Waals surface area contributed by atoms with Crippen LogP contribution in [0, 0.1) is 0 Å². The Labute approximate surface area is 113 Å². The third-order valence-electron chi connectivity index (χ3n) is 3.36. The Kier molecular flexibility index (Phi) is 4.68. The van der Waals surface area contributed by atoms with Crippen LogP contribution >= 0.6 is 0 Å². The predicted octanol–water partition coefficient (Wildman–Crippen LogP) is 0.544. The van der Waals surface area contributed by atoms with E-state index in [1.165, 1.54) is 6.20 Å². The summed E-state index contributed by atoms with van der Waals surface area (Å²) in [5.74, 6) is 0.0959. The number of hydrogen-bond donors (Lipinski definition) is 2. The van der Waals surface area contributed by atoms with Crippen LogP contribution in [0.5, 0.6) is 0 Å². The molecule has 3 N–H and O–H groups in total. The average Bonchev–Trinajstić information content (AvgIpc) is 2.45. The first-order valence-corrected chi connectivity index (χ1v) is 6.82. The van der Waals surface area contributed by atoms with Crippen LogP contribution in [0.4, 0.5) is 5.82 Å². The maximum atomic E-state index is 11.5. The Balaban J connectivity index is 2.29. The van der Waals surface area contributed by atoms with Gasteiger partial charge in [0.2, 0.25) is 0 Å². The maximum absolute atomic E-state index is 11.5. The Bertz CT molecular complexity index is 431. The molecule has 0 radical (unpaired) electrons. The fraction of sp³-hybridized carbons (Fsp3) is 0.615. The molecule has 1 aliphatic heterocycles. The number of amides is 1. The van der Waals surface area contributed by atoms with Crippen molar-refractivity contribution in [1.29, 1.82) is 0 Å². The number of nitrogens with two attached hydrogens (primary N) is 1. The summed E-state index contributed by atoms with van der Waals surface area (Å²) in [6, 6.07) is 0.350. The van der Waals surface area contributed by atoms with Gasteiger partial charge in [0, 0.05) is 31.5 Å². The summed E-state index contributed by atoms with van der Waals surface area (Å²) in [4.78, 5) is 22.1. The lowest BCUT2D eigenvalue weighted by Gasteiger charge is -2.35. The molecule has 1 saturated heterocycles. The lowest BCUT2D eigenvalue weighted by Crippen LogP contribution is -2.47. The summed E-state index contributed by atoms with van der Waals surface area (Å²) in [5, 5.41) is 3.39. The van der Waals surface area contributed by atoms with Crippen molar-refractivity contribution < 1.29 is 4.79 Å². The molecule has 2 heterocycles. The van der Waals surface area contributed by atoms with Crippen LogP contribution < -0.4 is 16.0 Å². The molecule has 6 nitrogen and oxygen atoms in total. The van der Waals surface area contributed by atoms with Crippen LogP contribution in [0.1, 0.15) is 36.7 Å². The minimum atomic E-state index is -0.520. The van der Waals surface area contributed by atoms with Crippen molar-refractivity contribution in [3.05, 3.63) is 18.1 Å². The highest BCUT2D eigenvalue weighted by Crippen LogP contribution is 2.21. The normalized spacial score (nSPS) is 19.1. The van der Waals surface area contributed by atoms with Gasteiger partial charge in [-0.2, -0.15) is 0 Å². The maximum Gasteiger partial charge on any atom is 0.271 e. The van der Waals surface area contributed by atoms with E-state index in [0.29, 0.717) is 11.9 Å². The summed E-state index contributed by atoms with van der Waals surface area (Å²) < 4.78 is 0. The second-order valence-corrected chi connectivity index (χ2v) is 4.79. The van der Waals surface area contributed by atoms with E-state index in [4.69, 9.17) is 5.73 Å². The predicted molar refractivity (Wildman–Crippen MR) is 74.1 cm³/mol. The van der Waals surface area contributed by atoms with Crippen molar-refractivity contribution in [2.24, 2.45) is 5.73 Å². The molecule has 2 rings (SSSR count). The van der Waals surface area contributed by atoms with Crippen LogP contribution in [-0.2, 0) is 0 Å². The molecule has 19 heavy (non-hydrogen) atoms. The van der Waals surface area contributed by atoms with Crippen LogP contribution in [0.25, 0.3) is 0 Å². The number of carbonyl (C=O) groups excluding carboxylic acids is 1. The zero-order valence-corrected chi connectivity index (χ0v) is 11.3. The molecule has 104 valence electrons. The van der Waals surface area contributed by atoms with Crippen molar-refractivity contribution in [3.8, 4) is 0 Å². The lowest BCUT2D eigenvalue weighted by molar-refractivity contribution is 0.0995. The van der Waals surface area contributed by atoms with Gasteiger partial charge in [-0.1, -0.05) is 6.92 Å². The van der Waals surface area contributed by atoms with Crippen molar-refractivity contribution >= 4 is 11.7 Å². The van der Waals surface area contributed by atoms with Crippen LogP contribution in [-0.4, -0.2) is 41.6 Å². The van der Waals surface area contributed by atoms with Gasteiger partial charge >= 0.3 is 0 Å². The largest absolute Gasteiger partial charge is 0.364 e. The minimum Gasteiger partial charge on any atom is -0.364 e. The Morgan fingerprint density at radius 1 is 1.53 bits per heavy atom. The van der Waals surface area contributed by atoms with Crippen molar-refractivity contribution in [3.63, 3.8) is 0 Å². The molecule has 1 fully saturated rings. The zero-order chi connectivity index (χ0) is 13.7. The van der Waals surface area contributed by atoms with Gasteiger partial charge in [0.1, 0.15) is 0 Å². The van der Waals surface area contributed by atoms with E-state index in [2.05, 4.69) is 27.1 Å². The van der Waals surface area contributed by atoms with E-state index in [9.17, 15) is 4.79 Å². The van der Waals surface area contributed by atoms with Gasteiger partial charge in [0.15, 0.2) is 11.5 Å². The molecule has 0 aromatic carbocycles. The van der Waals surface area contributed by atoms with Gasteiger partial charge in [0.05, 0.1) is 0 Å². The molecule has 1 unspecified atom stereocenters. The van der Waals surface area contributed by atoms with E-state index in [-0.39, 0.29) is 5.69 Å². The molecule has 1 atom stereocenters. The monoisotopic (exact) mass is 263 g/mol. The lowest BCUT2D eigenvalue weighted by atomic mass is 10.1. The van der Waals surface area contributed by atoms with Crippen LogP contribution in [0.2, 0.25) is 0 Å². The van der Waals surface area contributed by atoms with E-state index in [1.54, 1.807) is 6.20 Å². The van der Waals surface area contributed by atoms with E-state index >= 15 is 0 Å². The van der Waals surface area contributed by atoms with Gasteiger partial charge in [0.25, 0.3) is 5.91 Å². The fourth-order valence-corrected chi connectivity index (χ4v) is 2.52. The van der Waals surface area contributed by atoms with Crippen molar-refractivity contribution in [2.45, 2.75) is 32.2 Å². The summed E-state index contributed by atoms with van der Waals surface area (Å²) in [6.07, 6.45) is 6.34. The van der Waals surface area contributed by atoms with Gasteiger partial charge in [-0.25, -0.2) is 9.97 Å². The molecule has 0 aliphatic carbocycles. The highest BCUT2D eigenvalue weighted by atomic mass is 16.1. The average molecular weight is 263 g/mol. The van der Waals surface area contributed by atoms with Gasteiger partial charge in [-0.3, -0.25) is 4.79 Å². The van der Waals surface area contributed by atoms with Crippen molar-refractivity contribution in [2.75, 3.05) is 24.5 Å². The molecule has 1 amide bonds. The first-order chi connectivity index (χ1) is 9.24. The third kappa shape index (κ3) is 3.20. The number of rotatable bonds is 5. The highest BCUT2D eigenvalue weighted by Gasteiger charge is 2.25. The second-order valence-electron chi connectivity index (χ2n) is 4.79. The number of carbonyl (C=O) groups is 1. The number of nitrogens with one attached hydrogen (secondary N) is 1. The van der Waals surface area contributed by atoms with E-state index in [0.717, 1.165) is 38.9 Å². The number of primary amides is 1. The summed E-state index contributed by atoms with van der Waals surface area (Å²) in [5.41, 5.74) is 5.66. The van der Waals surface area contributed by atoms with Gasteiger partial charge in [-0.15, -0.1) is 0 Å². The summed E-state index contributed by atoms with van der Waals surface area (Å²) in [6.45, 7) is 4.93. The molecular weight excluding hydrogens is 242 g/mol. The number of piperidine rings is 1. The molecule has 1 aliphatic rings. The minimum absolute atomic E-state index is 0.265. The first kappa shape index (κ1) is 13.7. The van der Waals surface area contributed by atoms with E-state index < -0.39 is 5.91 Å². The van der Waals surface area contributed by atoms with Crippen molar-refractivity contribution in [1.82, 2.24) is 15.3 Å². The third-order valence-corrected chi connectivity index (χ3v) is 3.36. The van der Waals surface area contributed by atoms with E-state index in [1.807, 2.05) is 0 Å². The zero-order valence-electron chi connectivity index (χ0n) is 11.3. The molecule has 1 aromatic rings. The number of hydrogen-bond acceptors (Lipinski definition) is 5. The Morgan fingerprint density at radius 2 is 2.32 bits per heavy atom. The molecule has 0 saturated carbocycles. The van der Waals surface area contributed by atoms with Gasteiger partial charge < -0.3 is 16.0 Å². The fourth-order valence-electron chi connectivity index (χ4n) is 2.52. The highest BCUT2D eigenvalue weighted by molar-refractivity contribution is 5.95. The van der Waals surface area contributed by atoms with Crippen LogP contribution in [0.3, 0.4) is 0 Å². The summed E-state index contributed by atoms with van der Waals surface area (Å²) in [7, 11) is 0. The van der Waals surface area contributed by atoms with Crippen LogP contribution in [0.15, 0.2) is 12.4 Å². The summed E-state index contributed by atoms with van der Waals surface area (Å²) >= 11 is 0. The molecule has 0 bridgehead atoms. The van der Waals surface area contributed by atoms with Gasteiger partial charge in [-0.05, 0) is 25.8 Å². The first-order valence-electron chi connectivity index (χ1n) is 6.82. The Morgan fingerprint density at radius 3 is 2.95 bits per heavy atom. The number of anilines is 1. The number of nitrogens with zero attached hydrogens (tertiary/aromatic N) is 3. The Hall–Kier alpha value is -1.69. The topological polar surface area (TPSA) is 84.1 Å². The molecule has 6 heteroatoms. The standard InChI is InChI=1S/C13H21N5O/c1-2-8-18(10-4-3-5-15-9-10)13-11(12(14)19)16-6-7-17-13/h6-7,10,15H,2-5,8-9H2,1H3,(H2,14,19). The SMILES string of the molecule is CCCN(c1nccnc1C(N)=O)C1CCCNC1. The quantitative estimate of drug-likeness (QED) is 0.810. The molecular formula is C13H21N5O. The molecule has 0 spiro atoms. The smallest absolute Gasteiger partial charge is 0.271 e. The molecule has 1 aromatic heterocycles.